The van der Waals surface area contributed by atoms with Crippen LogP contribution in [0.25, 0.3) is 22.5 Å². The van der Waals surface area contributed by atoms with Crippen LogP contribution in [0.1, 0.15) is 75.4 Å². The normalized spacial score (nSPS) is 13.8. The molecule has 3 aromatic carbocycles. The maximum absolute atomic E-state index is 13.5. The summed E-state index contributed by atoms with van der Waals surface area (Å²) in [7, 11) is 0. The second kappa shape index (κ2) is 16.1. The molecule has 2 amide bonds. The topological polar surface area (TPSA) is 122 Å². The minimum Gasteiger partial charge on any atom is -0.494 e. The van der Waals surface area contributed by atoms with Gasteiger partial charge in [-0.1, -0.05) is 83.1 Å². The van der Waals surface area contributed by atoms with Crippen LogP contribution in [0.2, 0.25) is 0 Å². The summed E-state index contributed by atoms with van der Waals surface area (Å²) in [6.45, 7) is 11.8. The number of ether oxygens (including phenoxy) is 1. The van der Waals surface area contributed by atoms with E-state index in [-0.39, 0.29) is 36.7 Å². The number of carbonyl (C=O) groups is 3. The maximum Gasteiger partial charge on any atom is 0.310 e. The lowest BCUT2D eigenvalue weighted by Gasteiger charge is -2.39. The van der Waals surface area contributed by atoms with E-state index < -0.39 is 17.9 Å². The van der Waals surface area contributed by atoms with Gasteiger partial charge in [0.2, 0.25) is 5.91 Å². The fourth-order valence-electron chi connectivity index (χ4n) is 5.83. The molecule has 262 valence electrons. The van der Waals surface area contributed by atoms with Gasteiger partial charge in [0.15, 0.2) is 5.82 Å². The highest BCUT2D eigenvalue weighted by Gasteiger charge is 2.39. The van der Waals surface area contributed by atoms with Crippen molar-refractivity contribution in [2.45, 2.75) is 71.8 Å². The molecule has 9 nitrogen and oxygen atoms in total. The number of amides is 2. The number of nitrogens with one attached hydrogen (secondary N) is 1. The van der Waals surface area contributed by atoms with Crippen molar-refractivity contribution in [1.82, 2.24) is 20.2 Å². The average molecular weight is 677 g/mol. The maximum atomic E-state index is 13.5. The zero-order valence-corrected chi connectivity index (χ0v) is 29.7. The van der Waals surface area contributed by atoms with Gasteiger partial charge in [0.25, 0.3) is 5.91 Å². The van der Waals surface area contributed by atoms with E-state index in [1.165, 1.54) is 4.90 Å². The van der Waals surface area contributed by atoms with Gasteiger partial charge in [0.05, 0.1) is 12.5 Å². The standard InChI is InChI=1S/C41H48N4O5/c1-6-41(4,5)34-17-13-31(14-18-34)38(46)44-36(39(47)45-25-33(26-45)40(48)49)22-28-9-11-30(12-10-28)37-42-23-32(24-43-37)29-15-19-35(20-16-29)50-21-7-8-27(2)3/h9-20,23-24,27,33,36H,6-8,21-22,25-26H2,1-5H3,(H,44,46)(H,48,49)/t36-/m0/s1. The van der Waals surface area contributed by atoms with Crippen molar-refractivity contribution in [3.63, 3.8) is 0 Å². The molecule has 50 heavy (non-hydrogen) atoms. The number of carboxylic acid groups (broad SMARTS) is 1. The van der Waals surface area contributed by atoms with Gasteiger partial charge in [-0.05, 0) is 71.6 Å². The van der Waals surface area contributed by atoms with Gasteiger partial charge in [-0.2, -0.15) is 0 Å². The molecule has 1 saturated heterocycles. The van der Waals surface area contributed by atoms with Gasteiger partial charge in [-0.15, -0.1) is 0 Å². The molecule has 0 saturated carbocycles. The summed E-state index contributed by atoms with van der Waals surface area (Å²) in [5.41, 5.74) is 5.13. The lowest BCUT2D eigenvalue weighted by atomic mass is 9.82. The Kier molecular flexibility index (Phi) is 11.7. The van der Waals surface area contributed by atoms with Crippen LogP contribution in [0.5, 0.6) is 5.75 Å². The first kappa shape index (κ1) is 36.2. The number of hydrogen-bond acceptors (Lipinski definition) is 6. The van der Waals surface area contributed by atoms with Gasteiger partial charge < -0.3 is 20.1 Å². The number of nitrogens with zero attached hydrogens (tertiary/aromatic N) is 3. The molecule has 1 fully saturated rings. The number of benzene rings is 3. The highest BCUT2D eigenvalue weighted by molar-refractivity contribution is 5.98. The Balaban J connectivity index is 1.24. The molecular weight excluding hydrogens is 628 g/mol. The van der Waals surface area contributed by atoms with Crippen LogP contribution in [-0.4, -0.2) is 63.5 Å². The van der Waals surface area contributed by atoms with Gasteiger partial charge in [0.1, 0.15) is 11.8 Å². The second-order valence-corrected chi connectivity index (χ2v) is 14.2. The van der Waals surface area contributed by atoms with Gasteiger partial charge >= 0.3 is 5.97 Å². The van der Waals surface area contributed by atoms with Crippen molar-refractivity contribution in [3.05, 3.63) is 102 Å². The van der Waals surface area contributed by atoms with E-state index >= 15 is 0 Å². The third-order valence-corrected chi connectivity index (χ3v) is 9.64. The van der Waals surface area contributed by atoms with Crippen molar-refractivity contribution in [2.24, 2.45) is 11.8 Å². The minimum atomic E-state index is -0.925. The molecular formula is C41H48N4O5. The highest BCUT2D eigenvalue weighted by atomic mass is 16.5. The number of hydrogen-bond donors (Lipinski definition) is 2. The van der Waals surface area contributed by atoms with E-state index in [9.17, 15) is 19.5 Å². The van der Waals surface area contributed by atoms with Crippen LogP contribution in [0.3, 0.4) is 0 Å². The van der Waals surface area contributed by atoms with Crippen molar-refractivity contribution in [3.8, 4) is 28.3 Å². The quantitative estimate of drug-likeness (QED) is 0.128. The molecule has 1 aliphatic rings. The van der Waals surface area contributed by atoms with Crippen molar-refractivity contribution >= 4 is 17.8 Å². The fraction of sp³-hybridized carbons (Fsp3) is 0.390. The molecule has 1 atom stereocenters. The van der Waals surface area contributed by atoms with Crippen LogP contribution >= 0.6 is 0 Å². The monoisotopic (exact) mass is 676 g/mol. The van der Waals surface area contributed by atoms with Crippen molar-refractivity contribution in [1.29, 1.82) is 0 Å². The summed E-state index contributed by atoms with van der Waals surface area (Å²) >= 11 is 0. The van der Waals surface area contributed by atoms with E-state index in [2.05, 4.69) is 49.9 Å². The summed E-state index contributed by atoms with van der Waals surface area (Å²) in [6.07, 6.45) is 6.98. The van der Waals surface area contributed by atoms with E-state index in [0.717, 1.165) is 52.8 Å². The number of carboxylic acids is 1. The number of carbonyl (C=O) groups excluding carboxylic acids is 2. The van der Waals surface area contributed by atoms with Gasteiger partial charge in [-0.25, -0.2) is 9.97 Å². The summed E-state index contributed by atoms with van der Waals surface area (Å²) in [5.74, 6) is -0.0795. The Morgan fingerprint density at radius 2 is 1.52 bits per heavy atom. The molecule has 0 radical (unpaired) electrons. The predicted octanol–water partition coefficient (Wildman–Crippen LogP) is 7.20. The zero-order valence-electron chi connectivity index (χ0n) is 29.7. The van der Waals surface area contributed by atoms with E-state index in [0.29, 0.717) is 23.9 Å². The number of aliphatic carboxylic acids is 1. The van der Waals surface area contributed by atoms with E-state index in [1.807, 2.05) is 60.7 Å². The zero-order chi connectivity index (χ0) is 35.8. The Morgan fingerprint density at radius 3 is 2.10 bits per heavy atom. The largest absolute Gasteiger partial charge is 0.494 e. The third kappa shape index (κ3) is 9.14. The van der Waals surface area contributed by atoms with Crippen LogP contribution in [0.4, 0.5) is 0 Å². The minimum absolute atomic E-state index is 0.0145. The molecule has 0 bridgehead atoms. The molecule has 1 aliphatic heterocycles. The fourth-order valence-corrected chi connectivity index (χ4v) is 5.83. The average Bonchev–Trinajstić information content (AvgIpc) is 3.09. The smallest absolute Gasteiger partial charge is 0.310 e. The molecule has 0 spiro atoms. The molecule has 9 heteroatoms. The predicted molar refractivity (Wildman–Crippen MR) is 195 cm³/mol. The highest BCUT2D eigenvalue weighted by Crippen LogP contribution is 2.27. The van der Waals surface area contributed by atoms with Crippen LogP contribution in [0, 0.1) is 11.8 Å². The first-order chi connectivity index (χ1) is 23.9. The molecule has 0 aliphatic carbocycles. The van der Waals surface area contributed by atoms with E-state index in [1.54, 1.807) is 24.5 Å². The molecule has 5 rings (SSSR count). The van der Waals surface area contributed by atoms with E-state index in [4.69, 9.17) is 4.74 Å². The molecule has 0 unspecified atom stereocenters. The van der Waals surface area contributed by atoms with Crippen molar-refractivity contribution in [2.75, 3.05) is 19.7 Å². The number of rotatable bonds is 15. The molecule has 2 heterocycles. The Hall–Kier alpha value is -5.05. The second-order valence-electron chi connectivity index (χ2n) is 14.2. The van der Waals surface area contributed by atoms with Crippen LogP contribution in [-0.2, 0) is 21.4 Å². The molecule has 2 N–H and O–H groups in total. The SMILES string of the molecule is CCC(C)(C)c1ccc(C(=O)N[C@@H](Cc2ccc(-c3ncc(-c4ccc(OCCCC(C)C)cc4)cn3)cc2)C(=O)N2CC(C(=O)O)C2)cc1. The third-order valence-electron chi connectivity index (χ3n) is 9.64. The Morgan fingerprint density at radius 1 is 0.900 bits per heavy atom. The summed E-state index contributed by atoms with van der Waals surface area (Å²) in [4.78, 5) is 48.9. The van der Waals surface area contributed by atoms with Crippen LogP contribution in [0.15, 0.2) is 85.2 Å². The molecule has 1 aromatic heterocycles. The van der Waals surface area contributed by atoms with Crippen molar-refractivity contribution < 1.29 is 24.2 Å². The lowest BCUT2D eigenvalue weighted by Crippen LogP contribution is -2.59. The van der Waals surface area contributed by atoms with Gasteiger partial charge in [0, 0.05) is 48.6 Å². The lowest BCUT2D eigenvalue weighted by molar-refractivity contribution is -0.153. The number of likely N-dealkylation sites (tertiary alicyclic amines) is 1. The first-order valence-electron chi connectivity index (χ1n) is 17.5. The van der Waals surface area contributed by atoms with Crippen LogP contribution < -0.4 is 10.1 Å². The van der Waals surface area contributed by atoms with Gasteiger partial charge in [-0.3, -0.25) is 14.4 Å². The molecule has 4 aromatic rings. The first-order valence-corrected chi connectivity index (χ1v) is 17.5. The summed E-state index contributed by atoms with van der Waals surface area (Å²) in [6, 6.07) is 22.2. The number of aromatic nitrogens is 2. The Bertz CT molecular complexity index is 1750. The summed E-state index contributed by atoms with van der Waals surface area (Å²) in [5, 5.41) is 12.2. The summed E-state index contributed by atoms with van der Waals surface area (Å²) < 4.78 is 5.87. The Labute approximate surface area is 295 Å².